The van der Waals surface area contributed by atoms with Gasteiger partial charge in [0.15, 0.2) is 0 Å². The fraction of sp³-hybridized carbons (Fsp3) is 0.300. The number of pyridine rings is 1. The van der Waals surface area contributed by atoms with Crippen LogP contribution in [0.1, 0.15) is 20.3 Å². The van der Waals surface area contributed by atoms with Crippen molar-refractivity contribution in [2.24, 2.45) is 5.92 Å². The van der Waals surface area contributed by atoms with Crippen LogP contribution in [-0.2, 0) is 4.79 Å². The number of carbonyl (C=O) groups excluding carboxylic acids is 1. The van der Waals surface area contributed by atoms with Gasteiger partial charge in [0.25, 0.3) is 0 Å². The van der Waals surface area contributed by atoms with Crippen molar-refractivity contribution in [3.63, 3.8) is 0 Å². The Morgan fingerprint density at radius 3 is 2.60 bits per heavy atom. The Morgan fingerprint density at radius 2 is 1.92 bits per heavy atom. The maximum Gasteiger partial charge on any atom is 0.241 e. The number of aromatic amines is 1. The highest BCUT2D eigenvalue weighted by Gasteiger charge is 2.17. The van der Waals surface area contributed by atoms with Crippen molar-refractivity contribution in [3.05, 3.63) is 48.8 Å². The lowest BCUT2D eigenvalue weighted by Gasteiger charge is -2.18. The van der Waals surface area contributed by atoms with Crippen LogP contribution in [0.2, 0.25) is 0 Å². The predicted molar refractivity (Wildman–Crippen MR) is 102 cm³/mol. The van der Waals surface area contributed by atoms with Crippen molar-refractivity contribution in [2.75, 3.05) is 12.4 Å². The third-order valence-electron chi connectivity index (χ3n) is 4.30. The minimum Gasteiger partial charge on any atom is -0.346 e. The van der Waals surface area contributed by atoms with E-state index in [4.69, 9.17) is 0 Å². The van der Waals surface area contributed by atoms with Gasteiger partial charge < -0.3 is 15.6 Å². The molecule has 5 heteroatoms. The average Bonchev–Trinajstić information content (AvgIpc) is 3.09. The zero-order chi connectivity index (χ0) is 17.8. The third-order valence-corrected chi connectivity index (χ3v) is 4.30. The number of rotatable bonds is 6. The van der Waals surface area contributed by atoms with E-state index in [1.165, 1.54) is 0 Å². The minimum absolute atomic E-state index is 0.000820. The number of carbonyl (C=O) groups is 1. The van der Waals surface area contributed by atoms with E-state index in [9.17, 15) is 4.79 Å². The molecule has 5 nitrogen and oxygen atoms in total. The van der Waals surface area contributed by atoms with Gasteiger partial charge in [0, 0.05) is 23.5 Å². The molecule has 3 N–H and O–H groups in total. The van der Waals surface area contributed by atoms with Crippen LogP contribution in [-0.4, -0.2) is 29.0 Å². The number of amides is 1. The molecular weight excluding hydrogens is 312 g/mol. The molecule has 0 bridgehead atoms. The lowest BCUT2D eigenvalue weighted by Crippen LogP contribution is -2.39. The highest BCUT2D eigenvalue weighted by atomic mass is 16.2. The second-order valence-corrected chi connectivity index (χ2v) is 6.64. The van der Waals surface area contributed by atoms with Crippen molar-refractivity contribution in [1.82, 2.24) is 15.3 Å². The molecule has 0 unspecified atom stereocenters. The van der Waals surface area contributed by atoms with E-state index in [0.29, 0.717) is 5.92 Å². The first-order chi connectivity index (χ1) is 12.1. The first kappa shape index (κ1) is 17.2. The zero-order valence-electron chi connectivity index (χ0n) is 14.8. The van der Waals surface area contributed by atoms with E-state index in [1.54, 1.807) is 6.20 Å². The molecule has 0 saturated heterocycles. The van der Waals surface area contributed by atoms with Gasteiger partial charge in [-0.1, -0.05) is 26.0 Å². The fourth-order valence-corrected chi connectivity index (χ4v) is 3.00. The molecule has 3 rings (SSSR count). The number of aromatic nitrogens is 2. The van der Waals surface area contributed by atoms with E-state index < -0.39 is 0 Å². The summed E-state index contributed by atoms with van der Waals surface area (Å²) < 4.78 is 0. The lowest BCUT2D eigenvalue weighted by atomic mass is 10.0. The molecule has 0 radical (unpaired) electrons. The van der Waals surface area contributed by atoms with Crippen molar-refractivity contribution in [1.29, 1.82) is 0 Å². The van der Waals surface area contributed by atoms with Crippen LogP contribution in [0.3, 0.4) is 0 Å². The number of anilines is 1. The standard InChI is InChI=1S/C20H24N4O/c1-13(2)12-18(21-3)20(25)24-15-6-4-14(5-7-15)16-8-10-22-19-17(16)9-11-23-19/h4-11,13,18,21H,12H2,1-3H3,(H,22,23)(H,24,25)/t18-/m1/s1. The third kappa shape index (κ3) is 3.88. The number of hydrogen-bond donors (Lipinski definition) is 3. The van der Waals surface area contributed by atoms with Gasteiger partial charge in [0.2, 0.25) is 5.91 Å². The van der Waals surface area contributed by atoms with E-state index in [1.807, 2.05) is 49.6 Å². The number of nitrogens with zero attached hydrogens (tertiary/aromatic N) is 1. The number of fused-ring (bicyclic) bond motifs is 1. The highest BCUT2D eigenvalue weighted by molar-refractivity contribution is 5.96. The van der Waals surface area contributed by atoms with Gasteiger partial charge in [-0.15, -0.1) is 0 Å². The summed E-state index contributed by atoms with van der Waals surface area (Å²) in [6.45, 7) is 4.23. The Morgan fingerprint density at radius 1 is 1.16 bits per heavy atom. The molecule has 130 valence electrons. The molecular formula is C20H24N4O. The lowest BCUT2D eigenvalue weighted by molar-refractivity contribution is -0.118. The van der Waals surface area contributed by atoms with Crippen molar-refractivity contribution < 1.29 is 4.79 Å². The summed E-state index contributed by atoms with van der Waals surface area (Å²) in [5.41, 5.74) is 3.90. The zero-order valence-corrected chi connectivity index (χ0v) is 14.8. The summed E-state index contributed by atoms with van der Waals surface area (Å²) in [5, 5.41) is 7.16. The number of benzene rings is 1. The largest absolute Gasteiger partial charge is 0.346 e. The minimum atomic E-state index is -0.181. The molecule has 1 amide bonds. The molecule has 0 spiro atoms. The van der Waals surface area contributed by atoms with Crippen LogP contribution < -0.4 is 10.6 Å². The predicted octanol–water partition coefficient (Wildman–Crippen LogP) is 3.80. The Balaban J connectivity index is 1.76. The van der Waals surface area contributed by atoms with Crippen molar-refractivity contribution >= 4 is 22.6 Å². The van der Waals surface area contributed by atoms with Crippen LogP contribution in [0.15, 0.2) is 48.8 Å². The van der Waals surface area contributed by atoms with Crippen molar-refractivity contribution in [2.45, 2.75) is 26.3 Å². The van der Waals surface area contributed by atoms with Gasteiger partial charge in [0.05, 0.1) is 6.04 Å². The fourth-order valence-electron chi connectivity index (χ4n) is 3.00. The monoisotopic (exact) mass is 336 g/mol. The van der Waals surface area contributed by atoms with Crippen LogP contribution in [0.25, 0.3) is 22.2 Å². The average molecular weight is 336 g/mol. The summed E-state index contributed by atoms with van der Waals surface area (Å²) in [6, 6.07) is 11.8. The van der Waals surface area contributed by atoms with Gasteiger partial charge in [-0.05, 0) is 54.8 Å². The highest BCUT2D eigenvalue weighted by Crippen LogP contribution is 2.27. The molecule has 0 aliphatic heterocycles. The SMILES string of the molecule is CN[C@H](CC(C)C)C(=O)Nc1ccc(-c2ccnc3[nH]ccc23)cc1. The molecule has 1 aromatic carbocycles. The quantitative estimate of drug-likeness (QED) is 0.641. The molecule has 3 aromatic rings. The number of H-pyrrole nitrogens is 1. The number of hydrogen-bond acceptors (Lipinski definition) is 3. The molecule has 2 aromatic heterocycles. The second-order valence-electron chi connectivity index (χ2n) is 6.64. The first-order valence-electron chi connectivity index (χ1n) is 8.59. The normalized spacial score (nSPS) is 12.5. The van der Waals surface area contributed by atoms with E-state index in [0.717, 1.165) is 34.3 Å². The Bertz CT molecular complexity index is 852. The second kappa shape index (κ2) is 7.49. The Kier molecular flexibility index (Phi) is 5.14. The molecule has 0 aliphatic rings. The summed E-state index contributed by atoms with van der Waals surface area (Å²) in [4.78, 5) is 19.8. The van der Waals surface area contributed by atoms with Gasteiger partial charge in [-0.25, -0.2) is 4.98 Å². The van der Waals surface area contributed by atoms with E-state index in [2.05, 4.69) is 34.4 Å². The molecule has 0 aliphatic carbocycles. The van der Waals surface area contributed by atoms with Crippen LogP contribution in [0, 0.1) is 5.92 Å². The Labute approximate surface area is 147 Å². The summed E-state index contributed by atoms with van der Waals surface area (Å²) in [6.07, 6.45) is 4.50. The maximum absolute atomic E-state index is 12.4. The van der Waals surface area contributed by atoms with Gasteiger partial charge >= 0.3 is 0 Å². The summed E-state index contributed by atoms with van der Waals surface area (Å²) >= 11 is 0. The molecule has 0 saturated carbocycles. The maximum atomic E-state index is 12.4. The first-order valence-corrected chi connectivity index (χ1v) is 8.59. The number of nitrogens with one attached hydrogen (secondary N) is 3. The summed E-state index contributed by atoms with van der Waals surface area (Å²) in [7, 11) is 1.82. The number of likely N-dealkylation sites (N-methyl/N-ethyl adjacent to an activating group) is 1. The van der Waals surface area contributed by atoms with E-state index in [-0.39, 0.29) is 11.9 Å². The van der Waals surface area contributed by atoms with Gasteiger partial charge in [-0.3, -0.25) is 4.79 Å². The van der Waals surface area contributed by atoms with Crippen molar-refractivity contribution in [3.8, 4) is 11.1 Å². The van der Waals surface area contributed by atoms with Crippen LogP contribution >= 0.6 is 0 Å². The van der Waals surface area contributed by atoms with E-state index >= 15 is 0 Å². The Hall–Kier alpha value is -2.66. The summed E-state index contributed by atoms with van der Waals surface area (Å²) in [5.74, 6) is 0.460. The smallest absolute Gasteiger partial charge is 0.241 e. The molecule has 2 heterocycles. The molecule has 0 fully saturated rings. The van der Waals surface area contributed by atoms with Gasteiger partial charge in [-0.2, -0.15) is 0 Å². The molecule has 25 heavy (non-hydrogen) atoms. The van der Waals surface area contributed by atoms with Crippen LogP contribution in [0.5, 0.6) is 0 Å². The van der Waals surface area contributed by atoms with Gasteiger partial charge in [0.1, 0.15) is 5.65 Å². The molecule has 1 atom stereocenters. The van der Waals surface area contributed by atoms with Crippen LogP contribution in [0.4, 0.5) is 5.69 Å². The topological polar surface area (TPSA) is 69.8 Å².